The van der Waals surface area contributed by atoms with Crippen LogP contribution in [0.3, 0.4) is 0 Å². The summed E-state index contributed by atoms with van der Waals surface area (Å²) in [6.45, 7) is 2.15. The third kappa shape index (κ3) is 4.84. The van der Waals surface area contributed by atoms with Crippen LogP contribution in [0.2, 0.25) is 5.02 Å². The summed E-state index contributed by atoms with van der Waals surface area (Å²) in [5.74, 6) is -0.278. The first-order valence-corrected chi connectivity index (χ1v) is 5.18. The van der Waals surface area contributed by atoms with E-state index in [4.69, 9.17) is 22.1 Å². The maximum absolute atomic E-state index is 11.2. The molecule has 2 N–H and O–H groups in total. The van der Waals surface area contributed by atoms with Crippen molar-refractivity contribution in [1.29, 1.82) is 0 Å². The van der Waals surface area contributed by atoms with E-state index in [1.54, 1.807) is 19.1 Å². The molecule has 0 unspecified atom stereocenters. The minimum Gasteiger partial charge on any atom is -0.466 e. The Morgan fingerprint density at radius 2 is 2.00 bits per heavy atom. The lowest BCUT2D eigenvalue weighted by molar-refractivity contribution is -0.143. The first-order valence-electron chi connectivity index (χ1n) is 4.80. The van der Waals surface area contributed by atoms with Crippen LogP contribution >= 0.6 is 24.0 Å². The van der Waals surface area contributed by atoms with Gasteiger partial charge in [0.05, 0.1) is 13.0 Å². The van der Waals surface area contributed by atoms with Crippen LogP contribution in [0.1, 0.15) is 24.9 Å². The summed E-state index contributed by atoms with van der Waals surface area (Å²) in [6.07, 6.45) is 0.190. The van der Waals surface area contributed by atoms with Gasteiger partial charge in [-0.3, -0.25) is 4.79 Å². The fourth-order valence-electron chi connectivity index (χ4n) is 1.23. The maximum atomic E-state index is 11.2. The van der Waals surface area contributed by atoms with E-state index in [1.807, 2.05) is 12.1 Å². The first-order chi connectivity index (χ1) is 7.13. The van der Waals surface area contributed by atoms with E-state index in [2.05, 4.69) is 0 Å². The molecule has 0 aliphatic carbocycles. The normalized spacial score (nSPS) is 11.4. The topological polar surface area (TPSA) is 52.3 Å². The molecule has 5 heteroatoms. The van der Waals surface area contributed by atoms with Gasteiger partial charge in [0.1, 0.15) is 0 Å². The van der Waals surface area contributed by atoms with Gasteiger partial charge in [0, 0.05) is 11.1 Å². The molecule has 0 fully saturated rings. The van der Waals surface area contributed by atoms with Crippen molar-refractivity contribution in [3.05, 3.63) is 34.9 Å². The van der Waals surface area contributed by atoms with E-state index in [-0.39, 0.29) is 30.8 Å². The molecule has 90 valence electrons. The van der Waals surface area contributed by atoms with Crippen LogP contribution in [0.4, 0.5) is 0 Å². The molecule has 1 atom stereocenters. The van der Waals surface area contributed by atoms with Gasteiger partial charge in [0.15, 0.2) is 0 Å². The molecule has 16 heavy (non-hydrogen) atoms. The average molecular weight is 264 g/mol. The zero-order chi connectivity index (χ0) is 11.3. The van der Waals surface area contributed by atoms with Crippen molar-refractivity contribution in [2.45, 2.75) is 19.4 Å². The molecule has 3 nitrogen and oxygen atoms in total. The second kappa shape index (κ2) is 7.49. The molecule has 0 radical (unpaired) electrons. The Morgan fingerprint density at radius 3 is 2.50 bits per heavy atom. The van der Waals surface area contributed by atoms with Crippen molar-refractivity contribution < 1.29 is 9.53 Å². The Bertz CT molecular complexity index is 327. The van der Waals surface area contributed by atoms with Gasteiger partial charge in [-0.25, -0.2) is 0 Å². The van der Waals surface area contributed by atoms with Crippen molar-refractivity contribution in [2.24, 2.45) is 5.73 Å². The Balaban J connectivity index is 0.00000225. The standard InChI is InChI=1S/C11H14ClNO2.ClH/c1-2-15-11(14)7-10(13)8-3-5-9(12)6-4-8;/h3-6,10H,2,7,13H2,1H3;1H/t10-;/m1./s1. The molecule has 0 saturated heterocycles. The fourth-order valence-corrected chi connectivity index (χ4v) is 1.35. The number of hydrogen-bond acceptors (Lipinski definition) is 3. The number of carbonyl (C=O) groups excluding carboxylic acids is 1. The van der Waals surface area contributed by atoms with Crippen LogP contribution in [0.5, 0.6) is 0 Å². The maximum Gasteiger partial charge on any atom is 0.307 e. The van der Waals surface area contributed by atoms with E-state index in [9.17, 15) is 4.79 Å². The monoisotopic (exact) mass is 263 g/mol. The summed E-state index contributed by atoms with van der Waals surface area (Å²) in [5.41, 5.74) is 6.71. The number of ether oxygens (including phenoxy) is 1. The highest BCUT2D eigenvalue weighted by atomic mass is 35.5. The second-order valence-corrected chi connectivity index (χ2v) is 3.60. The summed E-state index contributed by atoms with van der Waals surface area (Å²) in [7, 11) is 0. The van der Waals surface area contributed by atoms with Gasteiger partial charge in [0.2, 0.25) is 0 Å². The van der Waals surface area contributed by atoms with Gasteiger partial charge in [-0.15, -0.1) is 12.4 Å². The van der Waals surface area contributed by atoms with Crippen molar-refractivity contribution in [3.63, 3.8) is 0 Å². The Kier molecular flexibility index (Phi) is 7.13. The first kappa shape index (κ1) is 15.2. The Hall–Kier alpha value is -0.770. The Morgan fingerprint density at radius 1 is 1.44 bits per heavy atom. The summed E-state index contributed by atoms with van der Waals surface area (Å²) in [6, 6.07) is 6.80. The van der Waals surface area contributed by atoms with E-state index >= 15 is 0 Å². The third-order valence-corrected chi connectivity index (χ3v) is 2.24. The minimum atomic E-state index is -0.332. The zero-order valence-electron chi connectivity index (χ0n) is 8.98. The van der Waals surface area contributed by atoms with Gasteiger partial charge in [0.25, 0.3) is 0 Å². The quantitative estimate of drug-likeness (QED) is 0.850. The highest BCUT2D eigenvalue weighted by Crippen LogP contribution is 2.17. The highest BCUT2D eigenvalue weighted by Gasteiger charge is 2.11. The van der Waals surface area contributed by atoms with Crippen molar-refractivity contribution >= 4 is 30.0 Å². The third-order valence-electron chi connectivity index (χ3n) is 1.99. The van der Waals surface area contributed by atoms with E-state index in [0.29, 0.717) is 11.6 Å². The molecule has 0 aliphatic heterocycles. The highest BCUT2D eigenvalue weighted by molar-refractivity contribution is 6.30. The van der Waals surface area contributed by atoms with E-state index in [0.717, 1.165) is 5.56 Å². The lowest BCUT2D eigenvalue weighted by Crippen LogP contribution is -2.17. The number of carbonyl (C=O) groups is 1. The molecular weight excluding hydrogens is 249 g/mol. The van der Waals surface area contributed by atoms with Crippen LogP contribution in [0, 0.1) is 0 Å². The largest absolute Gasteiger partial charge is 0.466 e. The molecule has 0 aliphatic rings. The molecule has 0 saturated carbocycles. The summed E-state index contributed by atoms with van der Waals surface area (Å²) >= 11 is 5.74. The zero-order valence-corrected chi connectivity index (χ0v) is 10.6. The number of hydrogen-bond donors (Lipinski definition) is 1. The number of rotatable bonds is 4. The van der Waals surface area contributed by atoms with Crippen molar-refractivity contribution in [2.75, 3.05) is 6.61 Å². The lowest BCUT2D eigenvalue weighted by atomic mass is 10.1. The minimum absolute atomic E-state index is 0. The molecule has 0 spiro atoms. The van der Waals surface area contributed by atoms with E-state index < -0.39 is 0 Å². The van der Waals surface area contributed by atoms with Gasteiger partial charge >= 0.3 is 5.97 Å². The summed E-state index contributed by atoms with van der Waals surface area (Å²) in [4.78, 5) is 11.2. The predicted molar refractivity (Wildman–Crippen MR) is 66.9 cm³/mol. The molecule has 0 bridgehead atoms. The molecule has 0 aromatic heterocycles. The fraction of sp³-hybridized carbons (Fsp3) is 0.364. The summed E-state index contributed by atoms with van der Waals surface area (Å²) < 4.78 is 4.81. The Labute approximate surface area is 106 Å². The van der Waals surface area contributed by atoms with Crippen molar-refractivity contribution in [3.8, 4) is 0 Å². The molecule has 0 amide bonds. The van der Waals surface area contributed by atoms with Crippen LogP contribution in [-0.4, -0.2) is 12.6 Å². The number of esters is 1. The van der Waals surface area contributed by atoms with E-state index in [1.165, 1.54) is 0 Å². The molecule has 1 aromatic rings. The van der Waals surface area contributed by atoms with Crippen LogP contribution in [0.15, 0.2) is 24.3 Å². The molecular formula is C11H15Cl2NO2. The number of benzene rings is 1. The lowest BCUT2D eigenvalue weighted by Gasteiger charge is -2.10. The molecule has 1 rings (SSSR count). The van der Waals surface area contributed by atoms with Gasteiger partial charge < -0.3 is 10.5 Å². The average Bonchev–Trinajstić information content (AvgIpc) is 2.18. The smallest absolute Gasteiger partial charge is 0.307 e. The van der Waals surface area contributed by atoms with Gasteiger partial charge in [-0.1, -0.05) is 23.7 Å². The van der Waals surface area contributed by atoms with Gasteiger partial charge in [-0.2, -0.15) is 0 Å². The SMILES string of the molecule is CCOC(=O)C[C@@H](N)c1ccc(Cl)cc1.Cl. The molecule has 0 heterocycles. The second-order valence-electron chi connectivity index (χ2n) is 3.17. The summed E-state index contributed by atoms with van der Waals surface area (Å²) in [5, 5.41) is 0.655. The molecule has 1 aromatic carbocycles. The van der Waals surface area contributed by atoms with Crippen LogP contribution < -0.4 is 5.73 Å². The van der Waals surface area contributed by atoms with Gasteiger partial charge in [-0.05, 0) is 24.6 Å². The number of halogens is 2. The van der Waals surface area contributed by atoms with Crippen molar-refractivity contribution in [1.82, 2.24) is 0 Å². The number of nitrogens with two attached hydrogens (primary N) is 1. The van der Waals surface area contributed by atoms with Crippen LogP contribution in [-0.2, 0) is 9.53 Å². The predicted octanol–water partition coefficient (Wildman–Crippen LogP) is 2.71. The van der Waals surface area contributed by atoms with Crippen LogP contribution in [0.25, 0.3) is 0 Å².